The highest BCUT2D eigenvalue weighted by atomic mass is 16.3. The molecule has 1 aliphatic rings. The Hall–Kier alpha value is -1.56. The van der Waals surface area contributed by atoms with E-state index in [0.717, 1.165) is 25.8 Å². The highest BCUT2D eigenvalue weighted by molar-refractivity contribution is 5.74. The maximum absolute atomic E-state index is 11.8. The first-order valence-corrected chi connectivity index (χ1v) is 6.80. The molecule has 1 aliphatic heterocycles. The van der Waals surface area contributed by atoms with Crippen molar-refractivity contribution in [2.75, 3.05) is 26.2 Å². The van der Waals surface area contributed by atoms with Gasteiger partial charge in [0, 0.05) is 45.4 Å². The second kappa shape index (κ2) is 6.56. The predicted octanol–water partition coefficient (Wildman–Crippen LogP) is 0.377. The molecule has 0 aromatic carbocycles. The monoisotopic (exact) mass is 266 g/mol. The fourth-order valence-corrected chi connectivity index (χ4v) is 2.37. The molecule has 2 heterocycles. The number of aryl methyl sites for hydroxylation is 2. The van der Waals surface area contributed by atoms with Crippen LogP contribution < -0.4 is 5.32 Å². The van der Waals surface area contributed by atoms with E-state index < -0.39 is 0 Å². The zero-order valence-corrected chi connectivity index (χ0v) is 11.4. The lowest BCUT2D eigenvalue weighted by atomic mass is 10.1. The second-order valence-corrected chi connectivity index (χ2v) is 5.14. The number of hydrogen-bond acceptors (Lipinski definition) is 3. The van der Waals surface area contributed by atoms with Gasteiger partial charge in [0.15, 0.2) is 0 Å². The van der Waals surface area contributed by atoms with Crippen molar-refractivity contribution in [1.29, 1.82) is 0 Å². The molecular weight excluding hydrogens is 244 g/mol. The molecule has 6 heteroatoms. The molecule has 0 saturated carbocycles. The summed E-state index contributed by atoms with van der Waals surface area (Å²) in [5.74, 6) is 0.251. The average molecular weight is 266 g/mol. The Kier molecular flexibility index (Phi) is 4.79. The van der Waals surface area contributed by atoms with Gasteiger partial charge in [0.1, 0.15) is 0 Å². The number of carbonyl (C=O) groups is 1. The van der Waals surface area contributed by atoms with E-state index in [0.29, 0.717) is 13.1 Å². The molecule has 19 heavy (non-hydrogen) atoms. The van der Waals surface area contributed by atoms with E-state index in [1.807, 2.05) is 19.4 Å². The number of carbonyl (C=O) groups excluding carboxylic acids is 1. The van der Waals surface area contributed by atoms with E-state index in [1.165, 1.54) is 5.56 Å². The first-order valence-electron chi connectivity index (χ1n) is 6.80. The number of likely N-dealkylation sites (tertiary alicyclic amines) is 1. The van der Waals surface area contributed by atoms with Crippen molar-refractivity contribution in [2.24, 2.45) is 13.0 Å². The number of rotatable bonds is 5. The van der Waals surface area contributed by atoms with Gasteiger partial charge < -0.3 is 15.3 Å². The Bertz CT molecular complexity index is 419. The summed E-state index contributed by atoms with van der Waals surface area (Å²) < 4.78 is 1.78. The van der Waals surface area contributed by atoms with Gasteiger partial charge in [-0.25, -0.2) is 4.79 Å². The lowest BCUT2D eigenvalue weighted by molar-refractivity contribution is 0.198. The molecule has 0 unspecified atom stereocenters. The van der Waals surface area contributed by atoms with Crippen LogP contribution in [0.25, 0.3) is 0 Å². The largest absolute Gasteiger partial charge is 0.396 e. The summed E-state index contributed by atoms with van der Waals surface area (Å²) in [5.41, 5.74) is 1.19. The van der Waals surface area contributed by atoms with Gasteiger partial charge in [-0.2, -0.15) is 5.10 Å². The fourth-order valence-electron chi connectivity index (χ4n) is 2.37. The molecule has 0 aliphatic carbocycles. The maximum atomic E-state index is 11.8. The van der Waals surface area contributed by atoms with Gasteiger partial charge in [0.25, 0.3) is 0 Å². The zero-order valence-electron chi connectivity index (χ0n) is 11.4. The molecule has 1 saturated heterocycles. The highest BCUT2D eigenvalue weighted by Gasteiger charge is 2.25. The average Bonchev–Trinajstić information content (AvgIpc) is 3.03. The third kappa shape index (κ3) is 3.96. The van der Waals surface area contributed by atoms with E-state index in [9.17, 15) is 4.79 Å². The lowest BCUT2D eigenvalue weighted by Gasteiger charge is -2.16. The third-order valence-electron chi connectivity index (χ3n) is 3.51. The van der Waals surface area contributed by atoms with Gasteiger partial charge in [-0.1, -0.05) is 0 Å². The normalized spacial score (nSPS) is 18.8. The quantitative estimate of drug-likeness (QED) is 0.757. The molecule has 106 valence electrons. The Morgan fingerprint density at radius 2 is 2.47 bits per heavy atom. The molecule has 1 fully saturated rings. The van der Waals surface area contributed by atoms with Crippen LogP contribution in [0.1, 0.15) is 18.4 Å². The van der Waals surface area contributed by atoms with Crippen LogP contribution in [0.3, 0.4) is 0 Å². The number of amides is 2. The molecular formula is C13H22N4O2. The second-order valence-electron chi connectivity index (χ2n) is 5.14. The summed E-state index contributed by atoms with van der Waals surface area (Å²) in [4.78, 5) is 13.6. The van der Waals surface area contributed by atoms with Crippen molar-refractivity contribution >= 4 is 6.03 Å². The SMILES string of the molecule is Cn1cc(CCCNC(=O)N2CC[C@H](CO)C2)cn1. The van der Waals surface area contributed by atoms with E-state index in [4.69, 9.17) is 5.11 Å². The van der Waals surface area contributed by atoms with Crippen LogP contribution in [-0.4, -0.2) is 52.1 Å². The Morgan fingerprint density at radius 3 is 3.11 bits per heavy atom. The van der Waals surface area contributed by atoms with Crippen LogP contribution in [0, 0.1) is 5.92 Å². The van der Waals surface area contributed by atoms with Gasteiger partial charge in [0.05, 0.1) is 6.20 Å². The number of aromatic nitrogens is 2. The highest BCUT2D eigenvalue weighted by Crippen LogP contribution is 2.14. The van der Waals surface area contributed by atoms with Crippen LogP contribution in [0.5, 0.6) is 0 Å². The number of aliphatic hydroxyl groups excluding tert-OH is 1. The fraction of sp³-hybridized carbons (Fsp3) is 0.692. The Balaban J connectivity index is 1.62. The number of nitrogens with zero attached hydrogens (tertiary/aromatic N) is 3. The number of urea groups is 1. The van der Waals surface area contributed by atoms with Crippen molar-refractivity contribution in [3.05, 3.63) is 18.0 Å². The molecule has 1 atom stereocenters. The summed E-state index contributed by atoms with van der Waals surface area (Å²) in [6.07, 6.45) is 6.59. The van der Waals surface area contributed by atoms with Crippen molar-refractivity contribution in [1.82, 2.24) is 20.0 Å². The number of aliphatic hydroxyl groups is 1. The van der Waals surface area contributed by atoms with Gasteiger partial charge in [-0.05, 0) is 24.8 Å². The number of nitrogens with one attached hydrogen (secondary N) is 1. The summed E-state index contributed by atoms with van der Waals surface area (Å²) in [5, 5.41) is 16.1. The first kappa shape index (κ1) is 13.9. The predicted molar refractivity (Wildman–Crippen MR) is 71.7 cm³/mol. The molecule has 0 radical (unpaired) electrons. The third-order valence-corrected chi connectivity index (χ3v) is 3.51. The molecule has 2 rings (SSSR count). The van der Waals surface area contributed by atoms with Gasteiger partial charge in [-0.3, -0.25) is 4.68 Å². The van der Waals surface area contributed by atoms with Crippen molar-refractivity contribution in [3.63, 3.8) is 0 Å². The molecule has 0 bridgehead atoms. The Labute approximate surface area is 113 Å². The summed E-state index contributed by atoms with van der Waals surface area (Å²) in [6, 6.07) is -0.0119. The first-order chi connectivity index (χ1) is 9.19. The minimum absolute atomic E-state index is 0.0119. The maximum Gasteiger partial charge on any atom is 0.317 e. The van der Waals surface area contributed by atoms with Crippen LogP contribution in [0.2, 0.25) is 0 Å². The summed E-state index contributed by atoms with van der Waals surface area (Å²) in [7, 11) is 1.90. The summed E-state index contributed by atoms with van der Waals surface area (Å²) >= 11 is 0. The molecule has 0 spiro atoms. The van der Waals surface area contributed by atoms with Crippen LogP contribution in [-0.2, 0) is 13.5 Å². The van der Waals surface area contributed by atoms with Crippen molar-refractivity contribution < 1.29 is 9.90 Å². The minimum Gasteiger partial charge on any atom is -0.396 e. The number of hydrogen-bond donors (Lipinski definition) is 2. The smallest absolute Gasteiger partial charge is 0.317 e. The van der Waals surface area contributed by atoms with Gasteiger partial charge in [-0.15, -0.1) is 0 Å². The van der Waals surface area contributed by atoms with E-state index >= 15 is 0 Å². The molecule has 2 amide bonds. The van der Waals surface area contributed by atoms with Gasteiger partial charge >= 0.3 is 6.03 Å². The van der Waals surface area contributed by atoms with Gasteiger partial charge in [0.2, 0.25) is 0 Å². The minimum atomic E-state index is -0.0119. The van der Waals surface area contributed by atoms with Crippen molar-refractivity contribution in [2.45, 2.75) is 19.3 Å². The molecule has 6 nitrogen and oxygen atoms in total. The van der Waals surface area contributed by atoms with E-state index in [1.54, 1.807) is 9.58 Å². The van der Waals surface area contributed by atoms with Crippen LogP contribution in [0.15, 0.2) is 12.4 Å². The topological polar surface area (TPSA) is 70.4 Å². The van der Waals surface area contributed by atoms with Crippen LogP contribution in [0.4, 0.5) is 4.79 Å². The van der Waals surface area contributed by atoms with E-state index in [-0.39, 0.29) is 18.6 Å². The molecule has 1 aromatic rings. The molecule has 1 aromatic heterocycles. The van der Waals surface area contributed by atoms with Crippen LogP contribution >= 0.6 is 0 Å². The van der Waals surface area contributed by atoms with E-state index in [2.05, 4.69) is 10.4 Å². The summed E-state index contributed by atoms with van der Waals surface area (Å²) in [6.45, 7) is 2.27. The van der Waals surface area contributed by atoms with Crippen molar-refractivity contribution in [3.8, 4) is 0 Å². The molecule has 2 N–H and O–H groups in total. The standard InChI is InChI=1S/C13H22N4O2/c1-16-8-11(7-15-16)3-2-5-14-13(19)17-6-4-12(9-17)10-18/h7-8,12,18H,2-6,9-10H2,1H3,(H,14,19)/t12-/m0/s1. The Morgan fingerprint density at radius 1 is 1.63 bits per heavy atom. The zero-order chi connectivity index (χ0) is 13.7. The lowest BCUT2D eigenvalue weighted by Crippen LogP contribution is -2.39.